The Hall–Kier alpha value is -2.03. The van der Waals surface area contributed by atoms with Crippen LogP contribution in [0.2, 0.25) is 0 Å². The summed E-state index contributed by atoms with van der Waals surface area (Å²) < 4.78 is 5.41. The molecule has 2 aromatic rings. The quantitative estimate of drug-likeness (QED) is 0.828. The van der Waals surface area contributed by atoms with Gasteiger partial charge in [0, 0.05) is 6.20 Å². The Morgan fingerprint density at radius 2 is 1.87 bits per heavy atom. The standard InChI is InChI=1S/C12H11NO2/c14-11-6-1-2-7-12(11)15-9-10-5-3-4-8-13-10/h1-8,14H,9H2. The first-order valence-electron chi connectivity index (χ1n) is 4.67. The van der Waals surface area contributed by atoms with E-state index in [0.717, 1.165) is 5.69 Å². The first kappa shape index (κ1) is 9.52. The van der Waals surface area contributed by atoms with Crippen LogP contribution in [0.4, 0.5) is 0 Å². The molecule has 0 aliphatic carbocycles. The van der Waals surface area contributed by atoms with Gasteiger partial charge in [-0.15, -0.1) is 0 Å². The molecule has 0 unspecified atom stereocenters. The second-order valence-corrected chi connectivity index (χ2v) is 3.08. The number of aromatic hydroxyl groups is 1. The summed E-state index contributed by atoms with van der Waals surface area (Å²) in [7, 11) is 0. The SMILES string of the molecule is Oc1ccccc1OCc1ccccn1. The summed E-state index contributed by atoms with van der Waals surface area (Å²) in [4.78, 5) is 4.12. The van der Waals surface area contributed by atoms with E-state index in [4.69, 9.17) is 4.74 Å². The van der Waals surface area contributed by atoms with E-state index in [2.05, 4.69) is 4.98 Å². The molecule has 0 saturated carbocycles. The minimum absolute atomic E-state index is 0.147. The van der Waals surface area contributed by atoms with Crippen LogP contribution in [0, 0.1) is 0 Å². The number of phenols is 1. The molecule has 0 spiro atoms. The van der Waals surface area contributed by atoms with Crippen LogP contribution in [0.5, 0.6) is 11.5 Å². The van der Waals surface area contributed by atoms with Crippen molar-refractivity contribution in [3.63, 3.8) is 0 Å². The van der Waals surface area contributed by atoms with Gasteiger partial charge in [-0.05, 0) is 24.3 Å². The number of para-hydroxylation sites is 2. The number of hydrogen-bond donors (Lipinski definition) is 1. The average Bonchev–Trinajstić information content (AvgIpc) is 2.29. The predicted octanol–water partition coefficient (Wildman–Crippen LogP) is 2.37. The first-order chi connectivity index (χ1) is 7.36. The minimum Gasteiger partial charge on any atom is -0.504 e. The lowest BCUT2D eigenvalue weighted by atomic mass is 10.3. The van der Waals surface area contributed by atoms with Crippen molar-refractivity contribution in [2.24, 2.45) is 0 Å². The smallest absolute Gasteiger partial charge is 0.161 e. The van der Waals surface area contributed by atoms with Crippen LogP contribution in [0.1, 0.15) is 5.69 Å². The Morgan fingerprint density at radius 1 is 1.07 bits per heavy atom. The van der Waals surface area contributed by atoms with Crippen LogP contribution in [0.15, 0.2) is 48.7 Å². The Kier molecular flexibility index (Phi) is 2.83. The molecule has 1 aromatic heterocycles. The van der Waals surface area contributed by atoms with Crippen LogP contribution >= 0.6 is 0 Å². The van der Waals surface area contributed by atoms with Gasteiger partial charge >= 0.3 is 0 Å². The molecule has 0 atom stereocenters. The highest BCUT2D eigenvalue weighted by atomic mass is 16.5. The van der Waals surface area contributed by atoms with E-state index >= 15 is 0 Å². The van der Waals surface area contributed by atoms with Crippen molar-refractivity contribution in [2.75, 3.05) is 0 Å². The Labute approximate surface area is 88.0 Å². The summed E-state index contributed by atoms with van der Waals surface area (Å²) in [6.45, 7) is 0.360. The van der Waals surface area contributed by atoms with Crippen molar-refractivity contribution in [2.45, 2.75) is 6.61 Å². The number of hydrogen-bond acceptors (Lipinski definition) is 3. The van der Waals surface area contributed by atoms with E-state index in [1.807, 2.05) is 24.3 Å². The number of pyridine rings is 1. The zero-order chi connectivity index (χ0) is 10.5. The molecule has 3 heteroatoms. The fourth-order valence-corrected chi connectivity index (χ4v) is 1.21. The number of aromatic nitrogens is 1. The molecule has 15 heavy (non-hydrogen) atoms. The van der Waals surface area contributed by atoms with E-state index < -0.39 is 0 Å². The summed E-state index contributed by atoms with van der Waals surface area (Å²) in [5.74, 6) is 0.622. The van der Waals surface area contributed by atoms with Crippen molar-refractivity contribution < 1.29 is 9.84 Å². The molecule has 2 rings (SSSR count). The van der Waals surface area contributed by atoms with Crippen molar-refractivity contribution >= 4 is 0 Å². The van der Waals surface area contributed by atoms with Gasteiger partial charge in [0.25, 0.3) is 0 Å². The molecule has 0 fully saturated rings. The number of nitrogens with zero attached hydrogens (tertiary/aromatic N) is 1. The molecular weight excluding hydrogens is 190 g/mol. The molecule has 0 aliphatic rings. The fourth-order valence-electron chi connectivity index (χ4n) is 1.21. The topological polar surface area (TPSA) is 42.4 Å². The highest BCUT2D eigenvalue weighted by molar-refractivity contribution is 5.37. The maximum Gasteiger partial charge on any atom is 0.161 e. The van der Waals surface area contributed by atoms with Gasteiger partial charge in [0.05, 0.1) is 5.69 Å². The van der Waals surface area contributed by atoms with Crippen molar-refractivity contribution in [1.82, 2.24) is 4.98 Å². The molecule has 1 heterocycles. The molecule has 0 radical (unpaired) electrons. The second-order valence-electron chi connectivity index (χ2n) is 3.08. The zero-order valence-corrected chi connectivity index (χ0v) is 8.13. The summed E-state index contributed by atoms with van der Waals surface area (Å²) in [6.07, 6.45) is 1.71. The summed E-state index contributed by atoms with van der Waals surface area (Å²) in [5.41, 5.74) is 0.834. The maximum absolute atomic E-state index is 9.44. The Bertz CT molecular complexity index is 429. The van der Waals surface area contributed by atoms with Gasteiger partial charge in [0.1, 0.15) is 6.61 Å². The third-order valence-electron chi connectivity index (χ3n) is 1.97. The minimum atomic E-state index is 0.147. The molecular formula is C12H11NO2. The molecule has 3 nitrogen and oxygen atoms in total. The molecule has 76 valence electrons. The van der Waals surface area contributed by atoms with Crippen molar-refractivity contribution in [3.05, 3.63) is 54.4 Å². The van der Waals surface area contributed by atoms with Crippen molar-refractivity contribution in [3.8, 4) is 11.5 Å². The van der Waals surface area contributed by atoms with E-state index in [-0.39, 0.29) is 5.75 Å². The number of rotatable bonds is 3. The summed E-state index contributed by atoms with van der Waals surface area (Å²) >= 11 is 0. The van der Waals surface area contributed by atoms with E-state index in [1.54, 1.807) is 24.4 Å². The largest absolute Gasteiger partial charge is 0.504 e. The summed E-state index contributed by atoms with van der Waals surface area (Å²) in [6, 6.07) is 12.5. The van der Waals surface area contributed by atoms with Crippen LogP contribution in [-0.2, 0) is 6.61 Å². The number of phenolic OH excluding ortho intramolecular Hbond substituents is 1. The van der Waals surface area contributed by atoms with Crippen LogP contribution in [0.25, 0.3) is 0 Å². The third-order valence-corrected chi connectivity index (χ3v) is 1.97. The highest BCUT2D eigenvalue weighted by Crippen LogP contribution is 2.24. The highest BCUT2D eigenvalue weighted by Gasteiger charge is 2.00. The van der Waals surface area contributed by atoms with Gasteiger partial charge in [0.15, 0.2) is 11.5 Å². The lowest BCUT2D eigenvalue weighted by Crippen LogP contribution is -1.97. The fraction of sp³-hybridized carbons (Fsp3) is 0.0833. The molecule has 1 aromatic carbocycles. The first-order valence-corrected chi connectivity index (χ1v) is 4.67. The maximum atomic E-state index is 9.44. The Morgan fingerprint density at radius 3 is 2.60 bits per heavy atom. The second kappa shape index (κ2) is 4.46. The average molecular weight is 201 g/mol. The lowest BCUT2D eigenvalue weighted by Gasteiger charge is -2.06. The number of ether oxygens (including phenoxy) is 1. The van der Waals surface area contributed by atoms with Crippen LogP contribution in [0.3, 0.4) is 0 Å². The zero-order valence-electron chi connectivity index (χ0n) is 8.13. The van der Waals surface area contributed by atoms with Gasteiger partial charge in [-0.3, -0.25) is 4.98 Å². The molecule has 1 N–H and O–H groups in total. The monoisotopic (exact) mass is 201 g/mol. The van der Waals surface area contributed by atoms with E-state index in [0.29, 0.717) is 12.4 Å². The molecule has 0 aliphatic heterocycles. The normalized spacial score (nSPS) is 9.87. The van der Waals surface area contributed by atoms with E-state index in [9.17, 15) is 5.11 Å². The van der Waals surface area contributed by atoms with Gasteiger partial charge in [-0.1, -0.05) is 18.2 Å². The van der Waals surface area contributed by atoms with E-state index in [1.165, 1.54) is 0 Å². The molecule has 0 bridgehead atoms. The lowest BCUT2D eigenvalue weighted by molar-refractivity contribution is 0.285. The van der Waals surface area contributed by atoms with Crippen LogP contribution in [-0.4, -0.2) is 10.1 Å². The molecule has 0 amide bonds. The van der Waals surface area contributed by atoms with Gasteiger partial charge in [-0.2, -0.15) is 0 Å². The Balaban J connectivity index is 2.03. The van der Waals surface area contributed by atoms with Gasteiger partial charge in [-0.25, -0.2) is 0 Å². The van der Waals surface area contributed by atoms with Crippen molar-refractivity contribution in [1.29, 1.82) is 0 Å². The number of benzene rings is 1. The predicted molar refractivity (Wildman–Crippen MR) is 56.7 cm³/mol. The molecule has 0 saturated heterocycles. The third kappa shape index (κ3) is 2.47. The van der Waals surface area contributed by atoms with Gasteiger partial charge < -0.3 is 9.84 Å². The van der Waals surface area contributed by atoms with Gasteiger partial charge in [0.2, 0.25) is 0 Å². The van der Waals surface area contributed by atoms with Crippen LogP contribution < -0.4 is 4.74 Å². The summed E-state index contributed by atoms with van der Waals surface area (Å²) in [5, 5.41) is 9.44.